The molecule has 1 N–H and O–H groups in total. The minimum Gasteiger partial charge on any atom is -0.349 e. The molecule has 3 rings (SSSR count). The average molecular weight is 393 g/mol. The first-order chi connectivity index (χ1) is 13.9. The Morgan fingerprint density at radius 3 is 2.55 bits per heavy atom. The summed E-state index contributed by atoms with van der Waals surface area (Å²) in [5.74, 6) is 0.859. The van der Waals surface area contributed by atoms with Crippen LogP contribution in [0.4, 0.5) is 0 Å². The van der Waals surface area contributed by atoms with Crippen molar-refractivity contribution in [3.8, 4) is 0 Å². The lowest BCUT2D eigenvalue weighted by Crippen LogP contribution is -2.32. The molecule has 7 heteroatoms. The lowest BCUT2D eigenvalue weighted by atomic mass is 10.0. The van der Waals surface area contributed by atoms with Crippen molar-refractivity contribution in [2.45, 2.75) is 52.7 Å². The predicted octanol–water partition coefficient (Wildman–Crippen LogP) is 2.70. The second-order valence-corrected chi connectivity index (χ2v) is 7.21. The van der Waals surface area contributed by atoms with E-state index in [-0.39, 0.29) is 24.1 Å². The number of carbonyl (C=O) groups excluding carboxylic acids is 1. The van der Waals surface area contributed by atoms with Gasteiger partial charge in [-0.25, -0.2) is 9.78 Å². The van der Waals surface area contributed by atoms with Gasteiger partial charge in [-0.1, -0.05) is 30.3 Å². The summed E-state index contributed by atoms with van der Waals surface area (Å²) >= 11 is 0. The third-order valence-electron chi connectivity index (χ3n) is 5.03. The molecule has 1 amide bonds. The zero-order valence-electron chi connectivity index (χ0n) is 17.1. The van der Waals surface area contributed by atoms with Gasteiger partial charge in [-0.15, -0.1) is 0 Å². The molecule has 152 valence electrons. The SMILES string of the molecule is Cc1cc(C)n(CCC(=O)N[C@@H](CCn2ccnc2C)c2ccccc2)c(=O)n1. The highest BCUT2D eigenvalue weighted by molar-refractivity contribution is 5.76. The molecule has 0 aliphatic carbocycles. The van der Waals surface area contributed by atoms with Gasteiger partial charge in [0.25, 0.3) is 0 Å². The van der Waals surface area contributed by atoms with Gasteiger partial charge < -0.3 is 9.88 Å². The first-order valence-corrected chi connectivity index (χ1v) is 9.81. The molecule has 0 bridgehead atoms. The van der Waals surface area contributed by atoms with Gasteiger partial charge in [-0.3, -0.25) is 9.36 Å². The molecule has 0 fully saturated rings. The summed E-state index contributed by atoms with van der Waals surface area (Å²) in [5.41, 5.74) is 2.24. The van der Waals surface area contributed by atoms with Crippen LogP contribution in [0.1, 0.15) is 41.7 Å². The number of amides is 1. The van der Waals surface area contributed by atoms with Crippen LogP contribution in [0.2, 0.25) is 0 Å². The number of hydrogen-bond donors (Lipinski definition) is 1. The van der Waals surface area contributed by atoms with Crippen LogP contribution in [0.25, 0.3) is 0 Å². The molecule has 3 aromatic rings. The van der Waals surface area contributed by atoms with Crippen molar-refractivity contribution in [2.75, 3.05) is 0 Å². The number of carbonyl (C=O) groups is 1. The van der Waals surface area contributed by atoms with E-state index < -0.39 is 0 Å². The third kappa shape index (κ3) is 5.40. The van der Waals surface area contributed by atoms with Crippen LogP contribution in [0, 0.1) is 20.8 Å². The maximum atomic E-state index is 12.7. The number of benzene rings is 1. The Hall–Kier alpha value is -3.22. The number of imidazole rings is 1. The van der Waals surface area contributed by atoms with E-state index in [1.54, 1.807) is 17.7 Å². The summed E-state index contributed by atoms with van der Waals surface area (Å²) in [7, 11) is 0. The lowest BCUT2D eigenvalue weighted by molar-refractivity contribution is -0.122. The first kappa shape index (κ1) is 20.5. The van der Waals surface area contributed by atoms with Crippen LogP contribution in [0.3, 0.4) is 0 Å². The number of aryl methyl sites for hydroxylation is 4. The van der Waals surface area contributed by atoms with E-state index in [0.29, 0.717) is 12.2 Å². The van der Waals surface area contributed by atoms with Crippen LogP contribution in [0.5, 0.6) is 0 Å². The summed E-state index contributed by atoms with van der Waals surface area (Å²) < 4.78 is 3.61. The van der Waals surface area contributed by atoms with Crippen molar-refractivity contribution in [2.24, 2.45) is 0 Å². The molecule has 29 heavy (non-hydrogen) atoms. The maximum Gasteiger partial charge on any atom is 0.347 e. The summed E-state index contributed by atoms with van der Waals surface area (Å²) in [4.78, 5) is 33.0. The molecule has 0 saturated carbocycles. The summed E-state index contributed by atoms with van der Waals surface area (Å²) in [5, 5.41) is 3.13. The average Bonchev–Trinajstić information content (AvgIpc) is 3.09. The minimum absolute atomic E-state index is 0.0897. The number of aromatic nitrogens is 4. The summed E-state index contributed by atoms with van der Waals surface area (Å²) in [6.07, 6.45) is 4.69. The van der Waals surface area contributed by atoms with Gasteiger partial charge in [-0.05, 0) is 38.8 Å². The molecule has 7 nitrogen and oxygen atoms in total. The topological polar surface area (TPSA) is 81.8 Å². The smallest absolute Gasteiger partial charge is 0.347 e. The Morgan fingerprint density at radius 2 is 1.90 bits per heavy atom. The van der Waals surface area contributed by atoms with Crippen molar-refractivity contribution in [3.05, 3.63) is 82.1 Å². The minimum atomic E-state index is -0.314. The van der Waals surface area contributed by atoms with E-state index in [4.69, 9.17) is 0 Å². The fraction of sp³-hybridized carbons (Fsp3) is 0.364. The van der Waals surface area contributed by atoms with Crippen LogP contribution < -0.4 is 11.0 Å². The molecular formula is C22H27N5O2. The van der Waals surface area contributed by atoms with Crippen LogP contribution >= 0.6 is 0 Å². The van der Waals surface area contributed by atoms with Gasteiger partial charge in [0, 0.05) is 43.3 Å². The molecule has 0 unspecified atom stereocenters. The van der Waals surface area contributed by atoms with E-state index in [1.807, 2.05) is 56.4 Å². The van der Waals surface area contributed by atoms with Crippen molar-refractivity contribution in [1.29, 1.82) is 0 Å². The molecule has 0 saturated heterocycles. The second-order valence-electron chi connectivity index (χ2n) is 7.21. The Morgan fingerprint density at radius 1 is 1.14 bits per heavy atom. The van der Waals surface area contributed by atoms with Crippen molar-refractivity contribution in [1.82, 2.24) is 24.4 Å². The van der Waals surface area contributed by atoms with Gasteiger partial charge in [0.1, 0.15) is 5.82 Å². The number of rotatable bonds is 8. The zero-order valence-corrected chi connectivity index (χ0v) is 17.1. The number of nitrogens with one attached hydrogen (secondary N) is 1. The Bertz CT molecular complexity index is 1020. The molecule has 1 atom stereocenters. The Balaban J connectivity index is 1.66. The van der Waals surface area contributed by atoms with Crippen molar-refractivity contribution >= 4 is 5.91 Å². The summed E-state index contributed by atoms with van der Waals surface area (Å²) in [6, 6.07) is 11.7. The van der Waals surface area contributed by atoms with E-state index in [1.165, 1.54) is 0 Å². The highest BCUT2D eigenvalue weighted by Gasteiger charge is 2.15. The van der Waals surface area contributed by atoms with Gasteiger partial charge in [0.15, 0.2) is 0 Å². The monoisotopic (exact) mass is 393 g/mol. The summed E-state index contributed by atoms with van der Waals surface area (Å²) in [6.45, 7) is 6.68. The van der Waals surface area contributed by atoms with E-state index in [0.717, 1.165) is 30.0 Å². The lowest BCUT2D eigenvalue weighted by Gasteiger charge is -2.20. The Labute approximate surface area is 170 Å². The Kier molecular flexibility index (Phi) is 6.59. The molecule has 0 aliphatic heterocycles. The molecule has 1 aromatic carbocycles. The van der Waals surface area contributed by atoms with E-state index >= 15 is 0 Å². The highest BCUT2D eigenvalue weighted by atomic mass is 16.2. The van der Waals surface area contributed by atoms with Gasteiger partial charge in [0.2, 0.25) is 5.91 Å². The molecule has 2 heterocycles. The largest absolute Gasteiger partial charge is 0.349 e. The van der Waals surface area contributed by atoms with Crippen molar-refractivity contribution < 1.29 is 4.79 Å². The van der Waals surface area contributed by atoms with Crippen LogP contribution in [0.15, 0.2) is 53.6 Å². The van der Waals surface area contributed by atoms with Gasteiger partial charge in [-0.2, -0.15) is 4.98 Å². The molecule has 0 radical (unpaired) electrons. The van der Waals surface area contributed by atoms with E-state index in [2.05, 4.69) is 19.9 Å². The van der Waals surface area contributed by atoms with Crippen molar-refractivity contribution in [3.63, 3.8) is 0 Å². The standard InChI is InChI=1S/C22H27N5O2/c1-16-15-17(2)27(22(29)24-16)13-10-21(28)25-20(19-7-5-4-6-8-19)9-12-26-14-11-23-18(26)3/h4-8,11,14-15,20H,9-10,12-13H2,1-3H3,(H,25,28)/t20-/m0/s1. The molecular weight excluding hydrogens is 366 g/mol. The normalized spacial score (nSPS) is 12.0. The molecule has 2 aromatic heterocycles. The number of hydrogen-bond acceptors (Lipinski definition) is 4. The van der Waals surface area contributed by atoms with E-state index in [9.17, 15) is 9.59 Å². The fourth-order valence-electron chi connectivity index (χ4n) is 3.44. The zero-order chi connectivity index (χ0) is 20.8. The molecule has 0 aliphatic rings. The highest BCUT2D eigenvalue weighted by Crippen LogP contribution is 2.18. The van der Waals surface area contributed by atoms with Crippen LogP contribution in [-0.4, -0.2) is 25.0 Å². The maximum absolute atomic E-state index is 12.7. The van der Waals surface area contributed by atoms with Gasteiger partial charge >= 0.3 is 5.69 Å². The second kappa shape index (κ2) is 9.32. The van der Waals surface area contributed by atoms with Crippen LogP contribution in [-0.2, 0) is 17.9 Å². The van der Waals surface area contributed by atoms with Gasteiger partial charge in [0.05, 0.1) is 6.04 Å². The first-order valence-electron chi connectivity index (χ1n) is 9.81. The quantitative estimate of drug-likeness (QED) is 0.638. The third-order valence-corrected chi connectivity index (χ3v) is 5.03. The predicted molar refractivity (Wildman–Crippen MR) is 111 cm³/mol. The molecule has 0 spiro atoms. The fourth-order valence-corrected chi connectivity index (χ4v) is 3.44. The number of nitrogens with zero attached hydrogens (tertiary/aromatic N) is 4.